The molecule has 0 bridgehead atoms. The van der Waals surface area contributed by atoms with Gasteiger partial charge in [0, 0.05) is 60.5 Å². The molecule has 11 heteroatoms. The zero-order chi connectivity index (χ0) is 30.8. The predicted octanol–water partition coefficient (Wildman–Crippen LogP) is 6.49. The Bertz CT molecular complexity index is 1580. The largest absolute Gasteiger partial charge is 0.368 e. The van der Waals surface area contributed by atoms with E-state index in [2.05, 4.69) is 27.3 Å². The van der Waals surface area contributed by atoms with Crippen LogP contribution in [0.2, 0.25) is 5.02 Å². The number of benzene rings is 2. The molecule has 1 N–H and O–H groups in total. The van der Waals surface area contributed by atoms with Gasteiger partial charge in [0.25, 0.3) is 5.91 Å². The molecule has 6 rings (SSSR count). The second-order valence-corrected chi connectivity index (χ2v) is 12.6. The lowest BCUT2D eigenvalue weighted by molar-refractivity contribution is 0.0659. The van der Waals surface area contributed by atoms with Crippen molar-refractivity contribution in [2.24, 2.45) is 0 Å². The fraction of sp³-hybridized carbons (Fsp3) is 0.424. The number of pyridine rings is 1. The summed E-state index contributed by atoms with van der Waals surface area (Å²) in [5, 5.41) is 8.48. The summed E-state index contributed by atoms with van der Waals surface area (Å²) in [6.45, 7) is 3.23. The fourth-order valence-electron chi connectivity index (χ4n) is 6.65. The molecule has 4 aromatic rings. The number of fused-ring (bicyclic) bond motifs is 1. The van der Waals surface area contributed by atoms with Crippen molar-refractivity contribution in [2.75, 3.05) is 50.5 Å². The van der Waals surface area contributed by atoms with E-state index in [0.29, 0.717) is 48.1 Å². The third-order valence-electron chi connectivity index (χ3n) is 9.35. The van der Waals surface area contributed by atoms with Gasteiger partial charge in [0.15, 0.2) is 5.65 Å². The Morgan fingerprint density at radius 2 is 1.73 bits per heavy atom. The summed E-state index contributed by atoms with van der Waals surface area (Å²) in [6.07, 6.45) is 2.43. The highest BCUT2D eigenvalue weighted by molar-refractivity contribution is 6.30. The first kappa shape index (κ1) is 30.3. The summed E-state index contributed by atoms with van der Waals surface area (Å²) in [4.78, 5) is 24.2. The number of amides is 1. The van der Waals surface area contributed by atoms with E-state index in [1.54, 1.807) is 16.6 Å². The summed E-state index contributed by atoms with van der Waals surface area (Å²) in [5.41, 5.74) is 3.33. The fourth-order valence-corrected chi connectivity index (χ4v) is 6.78. The lowest BCUT2D eigenvalue weighted by Crippen LogP contribution is -2.44. The maximum Gasteiger partial charge on any atom is 0.253 e. The molecular formula is C33H38ClF2N7O. The summed E-state index contributed by atoms with van der Waals surface area (Å²) < 4.78 is 29.2. The smallest absolute Gasteiger partial charge is 0.253 e. The first-order chi connectivity index (χ1) is 21.2. The number of carbonyl (C=O) groups is 1. The van der Waals surface area contributed by atoms with Crippen LogP contribution in [0.4, 0.5) is 26.1 Å². The van der Waals surface area contributed by atoms with Gasteiger partial charge in [0.2, 0.25) is 12.4 Å². The molecule has 2 fully saturated rings. The molecule has 44 heavy (non-hydrogen) atoms. The molecule has 2 aromatic carbocycles. The molecule has 0 aliphatic carbocycles. The number of piperidine rings is 2. The molecule has 1 amide bonds. The molecule has 2 saturated heterocycles. The van der Waals surface area contributed by atoms with Gasteiger partial charge in [-0.3, -0.25) is 4.79 Å². The number of hydrogen-bond donors (Lipinski definition) is 1. The molecular weight excluding hydrogens is 584 g/mol. The number of hydrogen-bond acceptors (Lipinski definition) is 6. The van der Waals surface area contributed by atoms with Crippen molar-refractivity contribution in [2.45, 2.75) is 50.0 Å². The first-order valence-corrected chi connectivity index (χ1v) is 15.6. The van der Waals surface area contributed by atoms with Crippen LogP contribution >= 0.6 is 11.6 Å². The van der Waals surface area contributed by atoms with Gasteiger partial charge in [-0.2, -0.15) is 4.98 Å². The Balaban J connectivity index is 1.14. The summed E-state index contributed by atoms with van der Waals surface area (Å²) in [7, 11) is 4.00. The minimum absolute atomic E-state index is 0.0248. The minimum Gasteiger partial charge on any atom is -0.368 e. The van der Waals surface area contributed by atoms with E-state index >= 15 is 0 Å². The topological polar surface area (TPSA) is 69.0 Å². The number of carbonyl (C=O) groups excluding carboxylic acids is 1. The van der Waals surface area contributed by atoms with E-state index in [1.807, 2.05) is 66.7 Å². The maximum atomic E-state index is 13.7. The van der Waals surface area contributed by atoms with Gasteiger partial charge in [-0.15, -0.1) is 5.10 Å². The number of alkyl halides is 2. The van der Waals surface area contributed by atoms with Gasteiger partial charge >= 0.3 is 0 Å². The second kappa shape index (κ2) is 12.7. The van der Waals surface area contributed by atoms with Crippen molar-refractivity contribution >= 4 is 40.5 Å². The van der Waals surface area contributed by atoms with Crippen LogP contribution in [-0.4, -0.2) is 83.0 Å². The number of nitrogens with one attached hydrogen (secondary N) is 1. The standard InChI is InChI=1S/C33H38ClF2N7O/c1-40-18-13-27(14-19-40)41(2)31(44)23-5-11-26(12-6-23)37-32-38-30-28(4-3-17-43(30)39-32)42-20-15-33(16-21-42,22-29(35)36)24-7-9-25(34)10-8-24/h3-12,17,27,29H,13-16,18-22H2,1-2H3,(H,37,39). The lowest BCUT2D eigenvalue weighted by Gasteiger charge is -2.43. The molecule has 0 saturated carbocycles. The van der Waals surface area contributed by atoms with Crippen LogP contribution in [0.1, 0.15) is 48.0 Å². The van der Waals surface area contributed by atoms with Crippen molar-refractivity contribution in [3.63, 3.8) is 0 Å². The summed E-state index contributed by atoms with van der Waals surface area (Å²) in [5.74, 6) is 0.460. The average molecular weight is 622 g/mol. The Labute approximate surface area is 261 Å². The predicted molar refractivity (Wildman–Crippen MR) is 171 cm³/mol. The van der Waals surface area contributed by atoms with Crippen molar-refractivity contribution in [1.29, 1.82) is 0 Å². The number of aromatic nitrogens is 3. The minimum atomic E-state index is -2.39. The van der Waals surface area contributed by atoms with Crippen molar-refractivity contribution < 1.29 is 13.6 Å². The SMILES string of the molecule is CN1CCC(N(C)C(=O)c2ccc(Nc3nc4c(N5CCC(CC(F)F)(c6ccc(Cl)cc6)CC5)cccn4n3)cc2)CC1. The summed E-state index contributed by atoms with van der Waals surface area (Å²) >= 11 is 6.08. The highest BCUT2D eigenvalue weighted by Crippen LogP contribution is 2.42. The molecule has 0 unspecified atom stereocenters. The van der Waals surface area contributed by atoms with Crippen LogP contribution in [0.3, 0.4) is 0 Å². The zero-order valence-electron chi connectivity index (χ0n) is 25.1. The van der Waals surface area contributed by atoms with Crippen molar-refractivity contribution in [3.05, 3.63) is 83.0 Å². The Hall–Kier alpha value is -3.76. The highest BCUT2D eigenvalue weighted by atomic mass is 35.5. The molecule has 0 atom stereocenters. The van der Waals surface area contributed by atoms with Gasteiger partial charge in [-0.05, 0) is 99.9 Å². The molecule has 2 aromatic heterocycles. The van der Waals surface area contributed by atoms with Crippen LogP contribution in [-0.2, 0) is 5.41 Å². The molecule has 8 nitrogen and oxygen atoms in total. The summed E-state index contributed by atoms with van der Waals surface area (Å²) in [6, 6.07) is 18.9. The van der Waals surface area contributed by atoms with Crippen LogP contribution in [0.25, 0.3) is 5.65 Å². The Morgan fingerprint density at radius 3 is 2.39 bits per heavy atom. The number of halogens is 3. The molecule has 2 aliphatic rings. The van der Waals surface area contributed by atoms with E-state index in [1.165, 1.54) is 0 Å². The van der Waals surface area contributed by atoms with E-state index < -0.39 is 11.8 Å². The van der Waals surface area contributed by atoms with Crippen LogP contribution in [0.5, 0.6) is 0 Å². The van der Waals surface area contributed by atoms with Gasteiger partial charge in [0.05, 0.1) is 5.69 Å². The number of nitrogens with zero attached hydrogens (tertiary/aromatic N) is 6. The molecule has 0 radical (unpaired) electrons. The first-order valence-electron chi connectivity index (χ1n) is 15.2. The lowest BCUT2D eigenvalue weighted by atomic mass is 9.70. The maximum absolute atomic E-state index is 13.7. The molecule has 2 aliphatic heterocycles. The number of anilines is 3. The van der Waals surface area contributed by atoms with Crippen molar-refractivity contribution in [1.82, 2.24) is 24.4 Å². The van der Waals surface area contributed by atoms with E-state index in [-0.39, 0.29) is 18.4 Å². The van der Waals surface area contributed by atoms with E-state index in [0.717, 1.165) is 42.9 Å². The van der Waals surface area contributed by atoms with E-state index in [9.17, 15) is 13.6 Å². The average Bonchev–Trinajstić information content (AvgIpc) is 3.44. The number of likely N-dealkylation sites (tertiary alicyclic amines) is 1. The number of rotatable bonds is 8. The van der Waals surface area contributed by atoms with Gasteiger partial charge < -0.3 is 20.0 Å². The van der Waals surface area contributed by atoms with Crippen LogP contribution < -0.4 is 10.2 Å². The van der Waals surface area contributed by atoms with Crippen LogP contribution in [0, 0.1) is 0 Å². The van der Waals surface area contributed by atoms with Gasteiger partial charge in [-0.1, -0.05) is 23.7 Å². The molecule has 0 spiro atoms. The molecule has 232 valence electrons. The van der Waals surface area contributed by atoms with Crippen LogP contribution in [0.15, 0.2) is 66.9 Å². The highest BCUT2D eigenvalue weighted by Gasteiger charge is 2.39. The third kappa shape index (κ3) is 6.37. The van der Waals surface area contributed by atoms with Crippen molar-refractivity contribution in [3.8, 4) is 0 Å². The van der Waals surface area contributed by atoms with Gasteiger partial charge in [0.1, 0.15) is 0 Å². The molecule has 4 heterocycles. The normalized spacial score (nSPS) is 17.7. The van der Waals surface area contributed by atoms with Gasteiger partial charge in [-0.25, -0.2) is 13.3 Å². The zero-order valence-corrected chi connectivity index (χ0v) is 25.9. The second-order valence-electron chi connectivity index (χ2n) is 12.1. The monoisotopic (exact) mass is 621 g/mol. The third-order valence-corrected chi connectivity index (χ3v) is 9.60. The Kier molecular flexibility index (Phi) is 8.73. The quantitative estimate of drug-likeness (QED) is 0.243. The van der Waals surface area contributed by atoms with E-state index in [4.69, 9.17) is 16.6 Å². The Morgan fingerprint density at radius 1 is 1.05 bits per heavy atom.